The first-order valence-electron chi connectivity index (χ1n) is 7.07. The highest BCUT2D eigenvalue weighted by Gasteiger charge is 2.28. The van der Waals surface area contributed by atoms with Crippen LogP contribution in [0.2, 0.25) is 0 Å². The Morgan fingerprint density at radius 1 is 1.20 bits per heavy atom. The van der Waals surface area contributed by atoms with Gasteiger partial charge in [0.2, 0.25) is 5.91 Å². The third-order valence-corrected chi connectivity index (χ3v) is 4.07. The fourth-order valence-corrected chi connectivity index (χ4v) is 2.77. The van der Waals surface area contributed by atoms with Crippen LogP contribution in [0.4, 0.5) is 0 Å². The number of carbonyl (C=O) groups excluding carboxylic acids is 1. The van der Waals surface area contributed by atoms with E-state index in [1.807, 2.05) is 11.9 Å². The van der Waals surface area contributed by atoms with Crippen LogP contribution in [0.5, 0.6) is 0 Å². The molecule has 2 unspecified atom stereocenters. The molecule has 0 spiro atoms. The maximum Gasteiger partial charge on any atom is 0.304 e. The summed E-state index contributed by atoms with van der Waals surface area (Å²) in [5, 5.41) is 8.62. The summed E-state index contributed by atoms with van der Waals surface area (Å²) in [6, 6.07) is 0.342. The molecule has 1 fully saturated rings. The van der Waals surface area contributed by atoms with E-state index in [4.69, 9.17) is 5.11 Å². The van der Waals surface area contributed by atoms with Gasteiger partial charge in [-0.1, -0.05) is 19.8 Å². The lowest BCUT2D eigenvalue weighted by Gasteiger charge is -2.37. The van der Waals surface area contributed by atoms with Crippen LogP contribution in [0, 0.1) is 5.92 Å². The largest absolute Gasteiger partial charge is 0.481 e. The maximum atomic E-state index is 12.2. The van der Waals surface area contributed by atoms with Crippen LogP contribution in [-0.4, -0.2) is 60.0 Å². The fraction of sp³-hybridized carbons (Fsp3) is 0.857. The van der Waals surface area contributed by atoms with E-state index in [0.29, 0.717) is 25.0 Å². The summed E-state index contributed by atoms with van der Waals surface area (Å²) in [7, 11) is 3.67. The molecule has 118 valence electrons. The van der Waals surface area contributed by atoms with Crippen molar-refractivity contribution < 1.29 is 14.7 Å². The van der Waals surface area contributed by atoms with E-state index in [1.54, 1.807) is 11.9 Å². The van der Waals surface area contributed by atoms with Gasteiger partial charge in [-0.3, -0.25) is 14.5 Å². The molecule has 1 aliphatic carbocycles. The molecular weight excluding hydrogens is 280 g/mol. The molecule has 0 saturated heterocycles. The second kappa shape index (κ2) is 9.19. The predicted molar refractivity (Wildman–Crippen MR) is 81.2 cm³/mol. The van der Waals surface area contributed by atoms with Crippen molar-refractivity contribution in [2.75, 3.05) is 27.2 Å². The lowest BCUT2D eigenvalue weighted by Crippen LogP contribution is -2.46. The highest BCUT2D eigenvalue weighted by atomic mass is 35.5. The predicted octanol–water partition coefficient (Wildman–Crippen LogP) is 1.85. The molecule has 0 aromatic rings. The van der Waals surface area contributed by atoms with Crippen LogP contribution in [0.3, 0.4) is 0 Å². The van der Waals surface area contributed by atoms with Crippen LogP contribution in [0.25, 0.3) is 0 Å². The minimum atomic E-state index is -0.825. The van der Waals surface area contributed by atoms with Gasteiger partial charge >= 0.3 is 5.97 Å². The zero-order chi connectivity index (χ0) is 14.4. The van der Waals surface area contributed by atoms with Crippen molar-refractivity contribution in [2.24, 2.45) is 5.92 Å². The van der Waals surface area contributed by atoms with Crippen molar-refractivity contribution in [1.29, 1.82) is 0 Å². The van der Waals surface area contributed by atoms with Gasteiger partial charge in [-0.15, -0.1) is 12.4 Å². The van der Waals surface area contributed by atoms with Gasteiger partial charge in [-0.25, -0.2) is 0 Å². The van der Waals surface area contributed by atoms with E-state index < -0.39 is 5.97 Å². The highest BCUT2D eigenvalue weighted by molar-refractivity contribution is 5.85. The summed E-state index contributed by atoms with van der Waals surface area (Å²) in [5.41, 5.74) is 0. The Bertz CT molecular complexity index is 326. The van der Waals surface area contributed by atoms with Gasteiger partial charge in [0, 0.05) is 19.6 Å². The monoisotopic (exact) mass is 306 g/mol. The van der Waals surface area contributed by atoms with Gasteiger partial charge in [-0.2, -0.15) is 0 Å². The zero-order valence-corrected chi connectivity index (χ0v) is 13.5. The molecule has 1 N–H and O–H groups in total. The number of rotatable bonds is 6. The Kier molecular flexibility index (Phi) is 8.81. The van der Waals surface area contributed by atoms with Crippen molar-refractivity contribution in [3.05, 3.63) is 0 Å². The molecule has 20 heavy (non-hydrogen) atoms. The maximum absolute atomic E-state index is 12.2. The minimum absolute atomic E-state index is 0. The van der Waals surface area contributed by atoms with Crippen LogP contribution >= 0.6 is 12.4 Å². The summed E-state index contributed by atoms with van der Waals surface area (Å²) in [4.78, 5) is 26.3. The fourth-order valence-electron chi connectivity index (χ4n) is 2.77. The van der Waals surface area contributed by atoms with Crippen LogP contribution in [-0.2, 0) is 9.59 Å². The number of amides is 1. The summed E-state index contributed by atoms with van der Waals surface area (Å²) in [5.74, 6) is -0.174. The summed E-state index contributed by atoms with van der Waals surface area (Å²) in [6.07, 6.45) is 4.81. The summed E-state index contributed by atoms with van der Waals surface area (Å²) in [6.45, 7) is 2.92. The Morgan fingerprint density at radius 3 is 2.35 bits per heavy atom. The molecule has 2 atom stereocenters. The first-order valence-corrected chi connectivity index (χ1v) is 7.07. The molecule has 0 aromatic heterocycles. The molecule has 1 aliphatic rings. The molecular formula is C14H27ClN2O3. The smallest absolute Gasteiger partial charge is 0.304 e. The number of hydrogen-bond acceptors (Lipinski definition) is 3. The molecule has 0 heterocycles. The van der Waals surface area contributed by atoms with Crippen LogP contribution in [0.15, 0.2) is 0 Å². The highest BCUT2D eigenvalue weighted by Crippen LogP contribution is 2.27. The van der Waals surface area contributed by atoms with Crippen LogP contribution in [0.1, 0.15) is 39.0 Å². The minimum Gasteiger partial charge on any atom is -0.481 e. The third kappa shape index (κ3) is 6.09. The number of halogens is 1. The molecule has 1 saturated carbocycles. The Balaban J connectivity index is 0.00000361. The van der Waals surface area contributed by atoms with Crippen molar-refractivity contribution in [3.63, 3.8) is 0 Å². The van der Waals surface area contributed by atoms with Gasteiger partial charge in [-0.05, 0) is 25.8 Å². The number of carboxylic acids is 1. The molecule has 0 aromatic carbocycles. The van der Waals surface area contributed by atoms with Crippen LogP contribution < -0.4 is 0 Å². The normalized spacial score (nSPS) is 22.2. The molecule has 5 nitrogen and oxygen atoms in total. The van der Waals surface area contributed by atoms with E-state index in [-0.39, 0.29) is 24.7 Å². The SMILES string of the molecule is CC1CCCCC1N(C)C(=O)CN(C)CCC(=O)O.Cl. The van der Waals surface area contributed by atoms with E-state index in [9.17, 15) is 9.59 Å². The van der Waals surface area contributed by atoms with Crippen molar-refractivity contribution in [1.82, 2.24) is 9.80 Å². The summed E-state index contributed by atoms with van der Waals surface area (Å²) >= 11 is 0. The van der Waals surface area contributed by atoms with Gasteiger partial charge in [0.05, 0.1) is 13.0 Å². The van der Waals surface area contributed by atoms with Gasteiger partial charge < -0.3 is 10.0 Å². The zero-order valence-electron chi connectivity index (χ0n) is 12.7. The van der Waals surface area contributed by atoms with Gasteiger partial charge in [0.25, 0.3) is 0 Å². The molecule has 6 heteroatoms. The van der Waals surface area contributed by atoms with Crippen molar-refractivity contribution in [2.45, 2.75) is 45.1 Å². The van der Waals surface area contributed by atoms with E-state index >= 15 is 0 Å². The Morgan fingerprint density at radius 2 is 1.80 bits per heavy atom. The van der Waals surface area contributed by atoms with E-state index in [2.05, 4.69) is 6.92 Å². The van der Waals surface area contributed by atoms with Gasteiger partial charge in [0.1, 0.15) is 0 Å². The number of aliphatic carboxylic acids is 1. The number of likely N-dealkylation sites (N-methyl/N-ethyl adjacent to an activating group) is 2. The Labute approximate surface area is 127 Å². The third-order valence-electron chi connectivity index (χ3n) is 4.07. The van der Waals surface area contributed by atoms with Gasteiger partial charge in [0.15, 0.2) is 0 Å². The topological polar surface area (TPSA) is 60.9 Å². The number of carboxylic acid groups (broad SMARTS) is 1. The standard InChI is InChI=1S/C14H26N2O3.ClH/c1-11-6-4-5-7-12(11)16(3)13(17)10-15(2)9-8-14(18)19;/h11-12H,4-10H2,1-3H3,(H,18,19);1H. The molecule has 1 amide bonds. The lowest BCUT2D eigenvalue weighted by atomic mass is 9.85. The molecule has 0 aliphatic heterocycles. The average Bonchev–Trinajstić information content (AvgIpc) is 2.36. The molecule has 0 bridgehead atoms. The Hall–Kier alpha value is -0.810. The number of hydrogen-bond donors (Lipinski definition) is 1. The second-order valence-electron chi connectivity index (χ2n) is 5.72. The quantitative estimate of drug-likeness (QED) is 0.813. The lowest BCUT2D eigenvalue weighted by molar-refractivity contribution is -0.139. The molecule has 1 rings (SSSR count). The number of nitrogens with zero attached hydrogens (tertiary/aromatic N) is 2. The second-order valence-corrected chi connectivity index (χ2v) is 5.72. The van der Waals surface area contributed by atoms with Crippen molar-refractivity contribution in [3.8, 4) is 0 Å². The average molecular weight is 307 g/mol. The first kappa shape index (κ1) is 19.2. The number of carbonyl (C=O) groups is 2. The van der Waals surface area contributed by atoms with E-state index in [1.165, 1.54) is 19.3 Å². The first-order chi connectivity index (χ1) is 8.91. The molecule has 0 radical (unpaired) electrons. The van der Waals surface area contributed by atoms with Crippen molar-refractivity contribution >= 4 is 24.3 Å². The van der Waals surface area contributed by atoms with E-state index in [0.717, 1.165) is 6.42 Å². The summed E-state index contributed by atoms with van der Waals surface area (Å²) < 4.78 is 0.